The molecule has 0 bridgehead atoms. The second kappa shape index (κ2) is 8.98. The van der Waals surface area contributed by atoms with Crippen molar-refractivity contribution >= 4 is 23.1 Å². The zero-order valence-corrected chi connectivity index (χ0v) is 24.2. The van der Waals surface area contributed by atoms with Gasteiger partial charge in [0.1, 0.15) is 0 Å². The Hall–Kier alpha value is -4.53. The zero-order chi connectivity index (χ0) is 27.8. The first kappa shape index (κ1) is 24.1. The van der Waals surface area contributed by atoms with Crippen molar-refractivity contribution in [3.05, 3.63) is 174 Å². The first-order chi connectivity index (χ1) is 20.8. The van der Waals surface area contributed by atoms with Crippen LogP contribution in [0.2, 0.25) is 0 Å². The summed E-state index contributed by atoms with van der Waals surface area (Å²) < 4.78 is 0. The summed E-state index contributed by atoms with van der Waals surface area (Å²) in [5.41, 5.74) is 14.3. The van der Waals surface area contributed by atoms with E-state index in [1.807, 2.05) is 11.8 Å². The zero-order valence-electron chi connectivity index (χ0n) is 23.4. The van der Waals surface area contributed by atoms with Crippen molar-refractivity contribution < 1.29 is 0 Å². The average Bonchev–Trinajstić information content (AvgIpc) is 3.67. The predicted molar refractivity (Wildman–Crippen MR) is 177 cm³/mol. The molecule has 5 aromatic carbocycles. The van der Waals surface area contributed by atoms with Crippen molar-refractivity contribution in [3.63, 3.8) is 0 Å². The Morgan fingerprint density at radius 3 is 1.86 bits per heavy atom. The molecule has 0 amide bonds. The number of hydrogen-bond acceptors (Lipinski definition) is 2. The van der Waals surface area contributed by atoms with Crippen LogP contribution >= 0.6 is 11.8 Å². The van der Waals surface area contributed by atoms with Gasteiger partial charge in [0.25, 0.3) is 0 Å². The number of nitrogens with zero attached hydrogens (tertiary/aromatic N) is 1. The number of benzene rings is 5. The van der Waals surface area contributed by atoms with Crippen LogP contribution in [0.3, 0.4) is 0 Å². The van der Waals surface area contributed by atoms with Crippen molar-refractivity contribution in [1.82, 2.24) is 0 Å². The molecule has 2 heteroatoms. The van der Waals surface area contributed by atoms with Crippen LogP contribution < -0.4 is 4.90 Å². The van der Waals surface area contributed by atoms with Gasteiger partial charge in [0.2, 0.25) is 0 Å². The molecule has 5 aromatic rings. The van der Waals surface area contributed by atoms with E-state index in [2.05, 4.69) is 158 Å². The lowest BCUT2D eigenvalue weighted by atomic mass is 9.70. The summed E-state index contributed by atoms with van der Waals surface area (Å²) in [5, 5.41) is 0.497. The van der Waals surface area contributed by atoms with Gasteiger partial charge in [-0.15, -0.1) is 11.8 Å². The van der Waals surface area contributed by atoms with Gasteiger partial charge in [-0.1, -0.05) is 115 Å². The predicted octanol–water partition coefficient (Wildman–Crippen LogP) is 10.4. The summed E-state index contributed by atoms with van der Waals surface area (Å²) in [6, 6.07) is 41.2. The van der Waals surface area contributed by atoms with Crippen LogP contribution in [0, 0.1) is 0 Å². The number of fused-ring (bicyclic) bond motifs is 13. The van der Waals surface area contributed by atoms with Crippen molar-refractivity contribution in [2.45, 2.75) is 28.4 Å². The molecular formula is C40H29NS. The van der Waals surface area contributed by atoms with E-state index >= 15 is 0 Å². The summed E-state index contributed by atoms with van der Waals surface area (Å²) in [5.74, 6) is 0.472. The summed E-state index contributed by atoms with van der Waals surface area (Å²) in [6.07, 6.45) is 13.4. The molecular weight excluding hydrogens is 527 g/mol. The van der Waals surface area contributed by atoms with E-state index in [0.717, 1.165) is 0 Å². The molecule has 2 unspecified atom stereocenters. The highest BCUT2D eigenvalue weighted by Crippen LogP contribution is 2.63. The Labute approximate surface area is 251 Å². The van der Waals surface area contributed by atoms with E-state index in [-0.39, 0.29) is 5.41 Å². The van der Waals surface area contributed by atoms with Crippen LogP contribution in [-0.2, 0) is 5.41 Å². The maximum Gasteiger partial charge on any atom is 0.0726 e. The Balaban J connectivity index is 1.25. The maximum atomic E-state index is 2.46. The highest BCUT2D eigenvalue weighted by molar-refractivity contribution is 8.00. The third-order valence-electron chi connectivity index (χ3n) is 9.54. The second-order valence-electron chi connectivity index (χ2n) is 11.6. The molecule has 0 saturated carbocycles. The normalized spacial score (nSPS) is 19.4. The smallest absolute Gasteiger partial charge is 0.0726 e. The molecule has 4 aliphatic rings. The molecule has 0 saturated heterocycles. The fourth-order valence-corrected chi connectivity index (χ4v) is 9.26. The van der Waals surface area contributed by atoms with Gasteiger partial charge in [0.15, 0.2) is 0 Å². The minimum atomic E-state index is -0.334. The molecule has 9 rings (SSSR count). The lowest BCUT2D eigenvalue weighted by molar-refractivity contribution is 0.793. The van der Waals surface area contributed by atoms with Crippen molar-refractivity contribution in [3.8, 4) is 22.3 Å². The third kappa shape index (κ3) is 3.11. The van der Waals surface area contributed by atoms with Gasteiger partial charge in [-0.2, -0.15) is 0 Å². The SMILES string of the molecule is C/C=C/N(c1ccc2c(c1)SC1C=CC=CC21)c1ccc2c(c1)C1(c3ccccc3-c3ccccc31)c1ccccc1-2. The summed E-state index contributed by atoms with van der Waals surface area (Å²) in [7, 11) is 0. The largest absolute Gasteiger partial charge is 0.317 e. The number of hydrogen-bond donors (Lipinski definition) is 0. The van der Waals surface area contributed by atoms with Gasteiger partial charge in [0.05, 0.1) is 5.41 Å². The van der Waals surface area contributed by atoms with Gasteiger partial charge in [-0.3, -0.25) is 0 Å². The topological polar surface area (TPSA) is 3.24 Å². The molecule has 0 N–H and O–H groups in total. The lowest BCUT2D eigenvalue weighted by Gasteiger charge is -2.31. The van der Waals surface area contributed by atoms with Crippen LogP contribution in [0.4, 0.5) is 11.4 Å². The van der Waals surface area contributed by atoms with Crippen LogP contribution in [0.15, 0.2) is 151 Å². The van der Waals surface area contributed by atoms with Gasteiger partial charge in [-0.05, 0) is 81.3 Å². The molecule has 2 atom stereocenters. The number of anilines is 2. The Morgan fingerprint density at radius 2 is 1.19 bits per heavy atom. The average molecular weight is 556 g/mol. The summed E-state index contributed by atoms with van der Waals surface area (Å²) >= 11 is 1.99. The molecule has 3 aliphatic carbocycles. The minimum absolute atomic E-state index is 0.334. The molecule has 1 aliphatic heterocycles. The number of rotatable bonds is 3. The molecule has 1 nitrogen and oxygen atoms in total. The molecule has 0 aromatic heterocycles. The third-order valence-corrected chi connectivity index (χ3v) is 10.9. The van der Waals surface area contributed by atoms with E-state index in [4.69, 9.17) is 0 Å². The van der Waals surface area contributed by atoms with Crippen molar-refractivity contribution in [2.75, 3.05) is 4.90 Å². The summed E-state index contributed by atoms with van der Waals surface area (Å²) in [4.78, 5) is 3.75. The molecule has 0 radical (unpaired) electrons. The number of thioether (sulfide) groups is 1. The van der Waals surface area contributed by atoms with E-state index in [9.17, 15) is 0 Å². The monoisotopic (exact) mass is 555 g/mol. The van der Waals surface area contributed by atoms with E-state index in [1.54, 1.807) is 0 Å². The Kier molecular flexibility index (Phi) is 5.16. The van der Waals surface area contributed by atoms with E-state index < -0.39 is 0 Å². The molecule has 1 spiro atoms. The first-order valence-corrected chi connectivity index (χ1v) is 15.7. The van der Waals surface area contributed by atoms with Gasteiger partial charge < -0.3 is 4.90 Å². The molecule has 0 fully saturated rings. The van der Waals surface area contributed by atoms with Gasteiger partial charge in [0, 0.05) is 33.6 Å². The maximum absolute atomic E-state index is 2.46. The molecule has 1 heterocycles. The van der Waals surface area contributed by atoms with Gasteiger partial charge in [-0.25, -0.2) is 0 Å². The summed E-state index contributed by atoms with van der Waals surface area (Å²) in [6.45, 7) is 2.10. The Morgan fingerprint density at radius 1 is 0.619 bits per heavy atom. The first-order valence-electron chi connectivity index (χ1n) is 14.8. The second-order valence-corrected chi connectivity index (χ2v) is 12.8. The van der Waals surface area contributed by atoms with Gasteiger partial charge >= 0.3 is 0 Å². The van der Waals surface area contributed by atoms with Crippen LogP contribution in [0.5, 0.6) is 0 Å². The van der Waals surface area contributed by atoms with Crippen LogP contribution in [-0.4, -0.2) is 5.25 Å². The van der Waals surface area contributed by atoms with E-state index in [0.29, 0.717) is 11.2 Å². The quantitative estimate of drug-likeness (QED) is 0.213. The molecule has 42 heavy (non-hydrogen) atoms. The van der Waals surface area contributed by atoms with Crippen molar-refractivity contribution in [2.24, 2.45) is 0 Å². The van der Waals surface area contributed by atoms with Crippen molar-refractivity contribution in [1.29, 1.82) is 0 Å². The fraction of sp³-hybridized carbons (Fsp3) is 0.100. The highest BCUT2D eigenvalue weighted by atomic mass is 32.2. The molecule has 200 valence electrons. The Bertz CT molecular complexity index is 1950. The highest BCUT2D eigenvalue weighted by Gasteiger charge is 2.51. The minimum Gasteiger partial charge on any atom is -0.317 e. The standard InChI is InChI=1S/C40H29NS/c1-2-23-41(27-20-22-33-32-14-6-10-18-38(32)42-39(33)25-27)26-19-21-31-30-13-5-9-17-36(30)40(37(31)24-26)34-15-7-3-11-28(34)29-12-4-8-16-35(29)40/h2-25,32,38H,1H3/b23-2+. The fourth-order valence-electron chi connectivity index (χ4n) is 7.88. The van der Waals surface area contributed by atoms with Crippen LogP contribution in [0.25, 0.3) is 22.3 Å². The lowest BCUT2D eigenvalue weighted by Crippen LogP contribution is -2.26. The van der Waals surface area contributed by atoms with E-state index in [1.165, 1.54) is 66.3 Å². The van der Waals surface area contributed by atoms with Crippen LogP contribution in [0.1, 0.15) is 40.7 Å². The number of allylic oxidation sites excluding steroid dienone is 4.